The largest absolute Gasteiger partial charge is 0.352 e. The second-order valence-electron chi connectivity index (χ2n) is 6.05. The Morgan fingerprint density at radius 2 is 1.73 bits per heavy atom. The highest BCUT2D eigenvalue weighted by molar-refractivity contribution is 5.60. The smallest absolute Gasteiger partial charge is 0.196 e. The number of hydrogen-bond donors (Lipinski definition) is 1. The molecular formula is C19H15F3N4. The maximum Gasteiger partial charge on any atom is 0.196 e. The molecule has 2 aromatic carbocycles. The molecule has 26 heavy (non-hydrogen) atoms. The average Bonchev–Trinajstić information content (AvgIpc) is 2.68. The fraction of sp³-hybridized carbons (Fsp3) is 0.158. The first-order chi connectivity index (χ1) is 12.6. The Labute approximate surface area is 148 Å². The van der Waals surface area contributed by atoms with Crippen molar-refractivity contribution in [2.45, 2.75) is 13.0 Å². The topological polar surface area (TPSA) is 41.0 Å². The van der Waals surface area contributed by atoms with Gasteiger partial charge in [-0.15, -0.1) is 0 Å². The van der Waals surface area contributed by atoms with E-state index in [4.69, 9.17) is 0 Å². The Morgan fingerprint density at radius 1 is 0.923 bits per heavy atom. The number of anilines is 3. The molecule has 1 aliphatic heterocycles. The van der Waals surface area contributed by atoms with Gasteiger partial charge in [-0.25, -0.2) is 23.1 Å². The molecule has 0 spiro atoms. The predicted octanol–water partition coefficient (Wildman–Crippen LogP) is 4.20. The number of rotatable bonds is 3. The van der Waals surface area contributed by atoms with E-state index in [1.165, 1.54) is 17.5 Å². The van der Waals surface area contributed by atoms with Gasteiger partial charge < -0.3 is 10.2 Å². The molecule has 2 heterocycles. The van der Waals surface area contributed by atoms with Gasteiger partial charge in [0.25, 0.3) is 0 Å². The Morgan fingerprint density at radius 3 is 2.58 bits per heavy atom. The van der Waals surface area contributed by atoms with Crippen LogP contribution in [0.15, 0.2) is 48.8 Å². The molecule has 132 valence electrons. The van der Waals surface area contributed by atoms with Crippen molar-refractivity contribution in [1.29, 1.82) is 0 Å². The van der Waals surface area contributed by atoms with Crippen LogP contribution in [0, 0.1) is 17.5 Å². The summed E-state index contributed by atoms with van der Waals surface area (Å²) < 4.78 is 40.3. The number of benzene rings is 2. The van der Waals surface area contributed by atoms with Crippen LogP contribution in [0.3, 0.4) is 0 Å². The molecule has 0 saturated carbocycles. The van der Waals surface area contributed by atoms with Gasteiger partial charge in [0, 0.05) is 19.2 Å². The van der Waals surface area contributed by atoms with Gasteiger partial charge in [0.05, 0.1) is 5.69 Å². The Kier molecular flexibility index (Phi) is 4.20. The summed E-state index contributed by atoms with van der Waals surface area (Å²) in [6, 6.07) is 11.9. The molecule has 0 unspecified atom stereocenters. The van der Waals surface area contributed by atoms with Crippen LogP contribution in [-0.4, -0.2) is 16.5 Å². The van der Waals surface area contributed by atoms with E-state index in [-0.39, 0.29) is 5.69 Å². The Balaban J connectivity index is 1.57. The maximum atomic E-state index is 13.8. The summed E-state index contributed by atoms with van der Waals surface area (Å²) in [5.74, 6) is -3.05. The maximum absolute atomic E-state index is 13.8. The van der Waals surface area contributed by atoms with Crippen molar-refractivity contribution in [2.75, 3.05) is 16.8 Å². The molecule has 1 aromatic heterocycles. The van der Waals surface area contributed by atoms with Crippen molar-refractivity contribution in [3.8, 4) is 0 Å². The first-order valence-electron chi connectivity index (χ1n) is 8.16. The van der Waals surface area contributed by atoms with Crippen molar-refractivity contribution in [1.82, 2.24) is 9.97 Å². The number of nitrogens with one attached hydrogen (secondary N) is 1. The zero-order valence-corrected chi connectivity index (χ0v) is 13.7. The van der Waals surface area contributed by atoms with Crippen LogP contribution >= 0.6 is 0 Å². The number of hydrogen-bond acceptors (Lipinski definition) is 4. The van der Waals surface area contributed by atoms with E-state index in [1.807, 2.05) is 12.1 Å². The van der Waals surface area contributed by atoms with Crippen molar-refractivity contribution < 1.29 is 13.2 Å². The van der Waals surface area contributed by atoms with Crippen molar-refractivity contribution in [3.05, 3.63) is 77.4 Å². The fourth-order valence-corrected chi connectivity index (χ4v) is 3.04. The van der Waals surface area contributed by atoms with Crippen LogP contribution < -0.4 is 10.2 Å². The molecule has 0 bridgehead atoms. The Hall–Kier alpha value is -3.09. The second kappa shape index (κ2) is 6.67. The van der Waals surface area contributed by atoms with Crippen LogP contribution in [-0.2, 0) is 13.0 Å². The lowest BCUT2D eigenvalue weighted by atomic mass is 10.00. The van der Waals surface area contributed by atoms with Gasteiger partial charge >= 0.3 is 0 Å². The zero-order chi connectivity index (χ0) is 18.1. The van der Waals surface area contributed by atoms with Gasteiger partial charge in [-0.05, 0) is 29.7 Å². The van der Waals surface area contributed by atoms with Gasteiger partial charge in [-0.1, -0.05) is 24.3 Å². The molecule has 0 amide bonds. The van der Waals surface area contributed by atoms with E-state index in [0.29, 0.717) is 18.2 Å². The molecular weight excluding hydrogens is 341 g/mol. The number of aromatic nitrogens is 2. The summed E-state index contributed by atoms with van der Waals surface area (Å²) in [6.45, 7) is 1.51. The molecule has 0 aliphatic carbocycles. The van der Waals surface area contributed by atoms with E-state index >= 15 is 0 Å². The van der Waals surface area contributed by atoms with Crippen molar-refractivity contribution in [3.63, 3.8) is 0 Å². The molecule has 1 aliphatic rings. The minimum absolute atomic E-state index is 0.183. The summed E-state index contributed by atoms with van der Waals surface area (Å²) in [6.07, 6.45) is 2.26. The predicted molar refractivity (Wildman–Crippen MR) is 92.8 cm³/mol. The summed E-state index contributed by atoms with van der Waals surface area (Å²) in [4.78, 5) is 10.4. The molecule has 0 atom stereocenters. The minimum atomic E-state index is -1.52. The molecule has 0 radical (unpaired) electrons. The SMILES string of the molecule is Fc1ccc(Nc2cc(N3CCc4ccccc4C3)ncn2)c(F)c1F. The lowest BCUT2D eigenvalue weighted by Crippen LogP contribution is -2.31. The number of halogens is 3. The van der Waals surface area contributed by atoms with E-state index in [9.17, 15) is 13.2 Å². The molecule has 4 nitrogen and oxygen atoms in total. The average molecular weight is 356 g/mol. The summed E-state index contributed by atoms with van der Waals surface area (Å²) in [5, 5.41) is 2.68. The lowest BCUT2D eigenvalue weighted by molar-refractivity contribution is 0.449. The molecule has 4 rings (SSSR count). The summed E-state index contributed by atoms with van der Waals surface area (Å²) in [5.41, 5.74) is 2.37. The van der Waals surface area contributed by atoms with Crippen molar-refractivity contribution in [2.24, 2.45) is 0 Å². The highest BCUT2D eigenvalue weighted by Gasteiger charge is 2.18. The molecule has 0 saturated heterocycles. The highest BCUT2D eigenvalue weighted by Crippen LogP contribution is 2.26. The normalized spacial score (nSPS) is 13.4. The number of fused-ring (bicyclic) bond motifs is 1. The molecule has 3 aromatic rings. The standard InChI is InChI=1S/C19H15F3N4/c20-14-5-6-15(19(22)18(14)21)25-16-9-17(24-11-23-16)26-8-7-12-3-1-2-4-13(12)10-26/h1-6,9,11H,7-8,10H2,(H,23,24,25). The van der Waals surface area contributed by atoms with Crippen LogP contribution in [0.4, 0.5) is 30.5 Å². The second-order valence-corrected chi connectivity index (χ2v) is 6.05. The van der Waals surface area contributed by atoms with E-state index in [0.717, 1.165) is 25.1 Å². The van der Waals surface area contributed by atoms with Crippen LogP contribution in [0.25, 0.3) is 0 Å². The Bertz CT molecular complexity index is 961. The summed E-state index contributed by atoms with van der Waals surface area (Å²) >= 11 is 0. The zero-order valence-electron chi connectivity index (χ0n) is 13.7. The first kappa shape index (κ1) is 16.4. The minimum Gasteiger partial charge on any atom is -0.352 e. The van der Waals surface area contributed by atoms with Gasteiger partial charge in [0.2, 0.25) is 0 Å². The van der Waals surface area contributed by atoms with E-state index < -0.39 is 17.5 Å². The highest BCUT2D eigenvalue weighted by atomic mass is 19.2. The van der Waals surface area contributed by atoms with E-state index in [2.05, 4.69) is 32.3 Å². The van der Waals surface area contributed by atoms with Crippen LogP contribution in [0.1, 0.15) is 11.1 Å². The fourth-order valence-electron chi connectivity index (χ4n) is 3.04. The molecule has 7 heteroatoms. The lowest BCUT2D eigenvalue weighted by Gasteiger charge is -2.29. The third-order valence-electron chi connectivity index (χ3n) is 4.41. The first-order valence-corrected chi connectivity index (χ1v) is 8.16. The van der Waals surface area contributed by atoms with Gasteiger partial charge in [0.1, 0.15) is 18.0 Å². The van der Waals surface area contributed by atoms with Crippen LogP contribution in [0.2, 0.25) is 0 Å². The van der Waals surface area contributed by atoms with Gasteiger partial charge in [-0.3, -0.25) is 0 Å². The monoisotopic (exact) mass is 356 g/mol. The van der Waals surface area contributed by atoms with Gasteiger partial charge in [-0.2, -0.15) is 0 Å². The molecule has 0 fully saturated rings. The molecule has 1 N–H and O–H groups in total. The summed E-state index contributed by atoms with van der Waals surface area (Å²) in [7, 11) is 0. The quantitative estimate of drug-likeness (QED) is 0.714. The van der Waals surface area contributed by atoms with Gasteiger partial charge in [0.15, 0.2) is 17.5 Å². The third-order valence-corrected chi connectivity index (χ3v) is 4.41. The third kappa shape index (κ3) is 3.08. The van der Waals surface area contributed by atoms with E-state index in [1.54, 1.807) is 6.07 Å². The van der Waals surface area contributed by atoms with Crippen molar-refractivity contribution >= 4 is 17.3 Å². The van der Waals surface area contributed by atoms with Crippen LogP contribution in [0.5, 0.6) is 0 Å². The number of nitrogens with zero attached hydrogens (tertiary/aromatic N) is 3.